The van der Waals surface area contributed by atoms with Crippen molar-refractivity contribution in [2.75, 3.05) is 33.2 Å². The lowest BCUT2D eigenvalue weighted by atomic mass is 9.94. The number of nitriles is 1. The van der Waals surface area contributed by atoms with Gasteiger partial charge in [0.05, 0.1) is 11.6 Å². The maximum atomic E-state index is 12.6. The molecular formula is C35H55N5O. The number of piperazine rings is 1. The maximum Gasteiger partial charge on any atom is 0.223 e. The summed E-state index contributed by atoms with van der Waals surface area (Å²) in [5, 5.41) is 8.68. The topological polar surface area (TPSA) is 62.9 Å². The largest absolute Gasteiger partial charge is 0.374 e. The maximum absolute atomic E-state index is 12.6. The Hall–Kier alpha value is -3.07. The monoisotopic (exact) mass is 561 g/mol. The number of hydrogen-bond donors (Lipinski definition) is 0. The third kappa shape index (κ3) is 10.4. The molecule has 6 nitrogen and oxygen atoms in total. The number of aliphatic imine (C=N–C) groups is 1. The van der Waals surface area contributed by atoms with Crippen LogP contribution in [0.3, 0.4) is 0 Å². The average molecular weight is 562 g/mol. The zero-order valence-electron chi connectivity index (χ0n) is 27.3. The van der Waals surface area contributed by atoms with Gasteiger partial charge in [0.1, 0.15) is 0 Å². The fraction of sp³-hybridized carbons (Fsp3) is 0.629. The predicted octanol–water partition coefficient (Wildman–Crippen LogP) is 7.65. The molecule has 0 spiro atoms. The number of amides is 1. The summed E-state index contributed by atoms with van der Waals surface area (Å²) in [6.45, 7) is 20.7. The van der Waals surface area contributed by atoms with Gasteiger partial charge in [-0.1, -0.05) is 46.3 Å². The van der Waals surface area contributed by atoms with Gasteiger partial charge in [-0.3, -0.25) is 9.79 Å². The van der Waals surface area contributed by atoms with Crippen LogP contribution < -0.4 is 0 Å². The van der Waals surface area contributed by atoms with Crippen LogP contribution in [-0.2, 0) is 4.79 Å². The Morgan fingerprint density at radius 1 is 1.22 bits per heavy atom. The van der Waals surface area contributed by atoms with Crippen molar-refractivity contribution in [3.05, 3.63) is 58.6 Å². The second-order valence-corrected chi connectivity index (χ2v) is 12.0. The van der Waals surface area contributed by atoms with E-state index in [1.807, 2.05) is 18.4 Å². The summed E-state index contributed by atoms with van der Waals surface area (Å²) in [5.41, 5.74) is 7.23. The van der Waals surface area contributed by atoms with Crippen LogP contribution in [0.4, 0.5) is 0 Å². The Morgan fingerprint density at radius 2 is 1.93 bits per heavy atom. The van der Waals surface area contributed by atoms with E-state index in [1.54, 1.807) is 0 Å². The lowest BCUT2D eigenvalue weighted by Gasteiger charge is -2.42. The van der Waals surface area contributed by atoms with Crippen LogP contribution in [-0.4, -0.2) is 65.6 Å². The van der Waals surface area contributed by atoms with E-state index in [4.69, 9.17) is 10.3 Å². The highest BCUT2D eigenvalue weighted by atomic mass is 16.2. The third-order valence-electron chi connectivity index (χ3n) is 7.99. The van der Waals surface area contributed by atoms with Gasteiger partial charge in [-0.15, -0.1) is 0 Å². The van der Waals surface area contributed by atoms with Gasteiger partial charge < -0.3 is 14.7 Å². The molecule has 0 aromatic rings. The van der Waals surface area contributed by atoms with Crippen LogP contribution in [0.1, 0.15) is 93.9 Å². The summed E-state index contributed by atoms with van der Waals surface area (Å²) in [5.74, 6) is 1.38. The van der Waals surface area contributed by atoms with Crippen LogP contribution in [0, 0.1) is 23.2 Å². The molecule has 2 fully saturated rings. The van der Waals surface area contributed by atoms with Crippen molar-refractivity contribution in [3.63, 3.8) is 0 Å². The molecule has 0 bridgehead atoms. The zero-order valence-corrected chi connectivity index (χ0v) is 27.3. The Kier molecular flexibility index (Phi) is 14.2. The molecule has 6 heteroatoms. The summed E-state index contributed by atoms with van der Waals surface area (Å²) in [6.07, 6.45) is 16.7. The van der Waals surface area contributed by atoms with Crippen molar-refractivity contribution < 1.29 is 4.79 Å². The van der Waals surface area contributed by atoms with Crippen molar-refractivity contribution in [1.82, 2.24) is 14.7 Å². The first-order valence-corrected chi connectivity index (χ1v) is 15.7. The van der Waals surface area contributed by atoms with Crippen molar-refractivity contribution in [3.8, 4) is 6.07 Å². The molecule has 1 unspecified atom stereocenters. The predicted molar refractivity (Wildman–Crippen MR) is 173 cm³/mol. The van der Waals surface area contributed by atoms with Gasteiger partial charge in [0.2, 0.25) is 5.91 Å². The molecule has 1 saturated heterocycles. The molecule has 2 aliphatic heterocycles. The second-order valence-electron chi connectivity index (χ2n) is 12.0. The quantitative estimate of drug-likeness (QED) is 0.203. The minimum absolute atomic E-state index is 0.235. The zero-order chi connectivity index (χ0) is 30.5. The van der Waals surface area contributed by atoms with Gasteiger partial charge in [-0.25, -0.2) is 0 Å². The number of hydrogen-bond acceptors (Lipinski definition) is 5. The summed E-state index contributed by atoms with van der Waals surface area (Å²) in [4.78, 5) is 24.1. The molecule has 3 aliphatic rings. The highest BCUT2D eigenvalue weighted by Gasteiger charge is 2.32. The summed E-state index contributed by atoms with van der Waals surface area (Å²) >= 11 is 0. The highest BCUT2D eigenvalue weighted by molar-refractivity contribution is 6.03. The Labute approximate surface area is 250 Å². The van der Waals surface area contributed by atoms with Crippen LogP contribution in [0.5, 0.6) is 0 Å². The fourth-order valence-corrected chi connectivity index (χ4v) is 5.55. The molecule has 1 amide bonds. The van der Waals surface area contributed by atoms with E-state index in [1.165, 1.54) is 35.4 Å². The molecule has 41 heavy (non-hydrogen) atoms. The molecule has 2 heterocycles. The number of likely N-dealkylation sites (N-methyl/N-ethyl adjacent to an activating group) is 1. The standard InChI is InChI=1S/C25H41N3O.C10H14N2/c1-8-10-13-26-20(6)25(23(9-2)22-11-12-22)21(7)27-14-15-28(19(5)17-27)24(29)16-18(3)4;1-3-4-10-7-9(8-11)5-6-12(10)2/h9-10,13,18-19,22H,8,11-12,14-17H2,1-7H3;5,7H,3-4,6H2,1-2H3/b13-10+,23-9-,25-21-,26-20+;. The van der Waals surface area contributed by atoms with Gasteiger partial charge in [0.15, 0.2) is 0 Å². The SMILES string of the molecule is CCCC1=CC(C#N)=CCN1C.C\C=C(C(/C(C)=N/C=C/CC)=C(/C)N1CCN(C(=O)CC(C)C)C(C)C1)\C1CC1. The molecule has 1 aliphatic carbocycles. The van der Waals surface area contributed by atoms with E-state index < -0.39 is 0 Å². The molecule has 0 N–H and O–H groups in total. The molecule has 226 valence electrons. The van der Waals surface area contributed by atoms with E-state index in [9.17, 15) is 4.79 Å². The number of carbonyl (C=O) groups is 1. The molecule has 3 rings (SSSR count). The van der Waals surface area contributed by atoms with E-state index in [-0.39, 0.29) is 6.04 Å². The Balaban J connectivity index is 0.000000408. The van der Waals surface area contributed by atoms with Crippen LogP contribution in [0.2, 0.25) is 0 Å². The van der Waals surface area contributed by atoms with Crippen molar-refractivity contribution in [2.45, 2.75) is 100.0 Å². The molecule has 1 atom stereocenters. The minimum atomic E-state index is 0.235. The third-order valence-corrected chi connectivity index (χ3v) is 7.99. The average Bonchev–Trinajstić information content (AvgIpc) is 3.78. The van der Waals surface area contributed by atoms with Crippen LogP contribution in [0.25, 0.3) is 0 Å². The van der Waals surface area contributed by atoms with Crippen LogP contribution >= 0.6 is 0 Å². The lowest BCUT2D eigenvalue weighted by Crippen LogP contribution is -2.53. The minimum Gasteiger partial charge on any atom is -0.374 e. The van der Waals surface area contributed by atoms with Gasteiger partial charge in [0.25, 0.3) is 0 Å². The molecule has 0 aromatic carbocycles. The van der Waals surface area contributed by atoms with E-state index in [0.717, 1.165) is 56.7 Å². The molecule has 0 radical (unpaired) electrons. The Bertz CT molecular complexity index is 1110. The van der Waals surface area contributed by atoms with Crippen molar-refractivity contribution in [1.29, 1.82) is 5.26 Å². The van der Waals surface area contributed by atoms with Crippen LogP contribution in [0.15, 0.2) is 63.6 Å². The van der Waals surface area contributed by atoms with Gasteiger partial charge in [-0.2, -0.15) is 5.26 Å². The number of allylic oxidation sites excluding steroid dienone is 8. The van der Waals surface area contributed by atoms with E-state index in [2.05, 4.69) is 95.4 Å². The first-order chi connectivity index (χ1) is 19.6. The fourth-order valence-electron chi connectivity index (χ4n) is 5.55. The smallest absolute Gasteiger partial charge is 0.223 e. The lowest BCUT2D eigenvalue weighted by molar-refractivity contribution is -0.136. The normalized spacial score (nSPS) is 20.8. The number of rotatable bonds is 10. The van der Waals surface area contributed by atoms with E-state index >= 15 is 0 Å². The van der Waals surface area contributed by atoms with Crippen molar-refractivity contribution in [2.24, 2.45) is 16.8 Å². The molecule has 1 saturated carbocycles. The summed E-state index contributed by atoms with van der Waals surface area (Å²) < 4.78 is 0. The van der Waals surface area contributed by atoms with Crippen molar-refractivity contribution >= 4 is 11.6 Å². The summed E-state index contributed by atoms with van der Waals surface area (Å²) in [6, 6.07) is 2.41. The van der Waals surface area contributed by atoms with Gasteiger partial charge >= 0.3 is 0 Å². The molecule has 0 aromatic heterocycles. The number of carbonyl (C=O) groups excluding carboxylic acids is 1. The molecular weight excluding hydrogens is 506 g/mol. The van der Waals surface area contributed by atoms with E-state index in [0.29, 0.717) is 24.2 Å². The van der Waals surface area contributed by atoms with Gasteiger partial charge in [0, 0.05) is 74.6 Å². The number of nitrogens with zero attached hydrogens (tertiary/aromatic N) is 5. The first-order valence-electron chi connectivity index (χ1n) is 15.7. The highest BCUT2D eigenvalue weighted by Crippen LogP contribution is 2.41. The Morgan fingerprint density at radius 3 is 2.46 bits per heavy atom. The first kappa shape index (κ1) is 34.1. The second kappa shape index (κ2) is 17.0. The van der Waals surface area contributed by atoms with Gasteiger partial charge in [-0.05, 0) is 82.9 Å². The summed E-state index contributed by atoms with van der Waals surface area (Å²) in [7, 11) is 2.06.